The van der Waals surface area contributed by atoms with E-state index in [1.54, 1.807) is 0 Å². The van der Waals surface area contributed by atoms with Gasteiger partial charge >= 0.3 is 0 Å². The second-order valence-electron chi connectivity index (χ2n) is 17.3. The first kappa shape index (κ1) is 31.6. The Morgan fingerprint density at radius 1 is 0.258 bits per heavy atom. The summed E-state index contributed by atoms with van der Waals surface area (Å²) in [7, 11) is 0. The molecule has 4 heterocycles. The highest BCUT2D eigenvalue weighted by Gasteiger charge is 2.25. The second kappa shape index (κ2) is 10.9. The van der Waals surface area contributed by atoms with Crippen molar-refractivity contribution in [2.75, 3.05) is 0 Å². The molecule has 4 nitrogen and oxygen atoms in total. The third kappa shape index (κ3) is 3.69. The van der Waals surface area contributed by atoms with E-state index in [1.165, 1.54) is 119 Å². The Labute approximate surface area is 352 Å². The molecular formula is C58H30N4. The molecular weight excluding hydrogens is 753 g/mol. The summed E-state index contributed by atoms with van der Waals surface area (Å²) in [5.41, 5.74) is 8.92. The Balaban J connectivity index is 1.02. The van der Waals surface area contributed by atoms with Crippen LogP contribution in [0.15, 0.2) is 182 Å². The topological polar surface area (TPSA) is 35.6 Å². The highest BCUT2D eigenvalue weighted by Crippen LogP contribution is 2.48. The SMILES string of the molecule is c1cc2ccc3ccc(-n4c5cccnc5c5c6ccc7cc8c(c9ccc(cc54)c6c79)c4ncccc4n8-c4ccc5ccc6cccc7ccc4c5c67)c4ccc(c1)c2c34. The molecule has 16 rings (SSSR count). The van der Waals surface area contributed by atoms with Crippen molar-refractivity contribution < 1.29 is 0 Å². The van der Waals surface area contributed by atoms with Gasteiger partial charge in [0.2, 0.25) is 0 Å². The van der Waals surface area contributed by atoms with E-state index in [9.17, 15) is 0 Å². The van der Waals surface area contributed by atoms with Crippen LogP contribution in [0.5, 0.6) is 0 Å². The van der Waals surface area contributed by atoms with Crippen molar-refractivity contribution in [3.05, 3.63) is 182 Å². The predicted octanol–water partition coefficient (Wildman–Crippen LogP) is 15.4. The molecule has 0 N–H and O–H groups in total. The van der Waals surface area contributed by atoms with E-state index in [2.05, 4.69) is 179 Å². The van der Waals surface area contributed by atoms with Crippen molar-refractivity contribution in [2.24, 2.45) is 0 Å². The quantitative estimate of drug-likeness (QED) is 0.164. The molecule has 0 aliphatic carbocycles. The number of pyridine rings is 2. The lowest BCUT2D eigenvalue weighted by atomic mass is 9.90. The molecule has 62 heavy (non-hydrogen) atoms. The first-order chi connectivity index (χ1) is 30.8. The van der Waals surface area contributed by atoms with E-state index in [0.29, 0.717) is 0 Å². The fourth-order valence-corrected chi connectivity index (χ4v) is 11.9. The number of fused-ring (bicyclic) bond motifs is 8. The molecule has 0 unspecified atom stereocenters. The number of benzene rings is 12. The van der Waals surface area contributed by atoms with Gasteiger partial charge in [-0.1, -0.05) is 121 Å². The van der Waals surface area contributed by atoms with Crippen LogP contribution in [0.3, 0.4) is 0 Å². The summed E-state index contributed by atoms with van der Waals surface area (Å²) < 4.78 is 4.93. The number of rotatable bonds is 2. The Kier molecular flexibility index (Phi) is 5.54. The van der Waals surface area contributed by atoms with Crippen molar-refractivity contribution in [3.8, 4) is 11.4 Å². The average Bonchev–Trinajstić information content (AvgIpc) is 3.84. The summed E-state index contributed by atoms with van der Waals surface area (Å²) in [6, 6.07) is 63.5. The van der Waals surface area contributed by atoms with E-state index < -0.39 is 0 Å². The summed E-state index contributed by atoms with van der Waals surface area (Å²) in [5.74, 6) is 0. The standard InChI is InChI=1S/C58H30N4/c1-5-31-11-13-35-19-25-43(39-21-15-33(7-1)49(31)51(35)39)61-45-9-3-27-59-57(45)55-41-23-18-38-30-48-56(42-24-17-37(29-47(55)61)53(41)54(38)42)58-46(10-4-28-60-58)62(48)44-26-20-36-14-12-32-6-2-8-34-16-22-40(44)52(36)50(32)34/h1-30H. The minimum absolute atomic E-state index is 1.02. The van der Waals surface area contributed by atoms with Crippen molar-refractivity contribution in [3.63, 3.8) is 0 Å². The van der Waals surface area contributed by atoms with Crippen LogP contribution in [0.1, 0.15) is 0 Å². The Bertz CT molecular complexity index is 4300. The molecule has 282 valence electrons. The van der Waals surface area contributed by atoms with Crippen molar-refractivity contribution >= 4 is 141 Å². The number of aromatic nitrogens is 4. The summed E-state index contributed by atoms with van der Waals surface area (Å²) in [6.07, 6.45) is 3.88. The fourth-order valence-electron chi connectivity index (χ4n) is 11.9. The van der Waals surface area contributed by atoms with E-state index in [4.69, 9.17) is 9.97 Å². The van der Waals surface area contributed by atoms with Gasteiger partial charge in [-0.2, -0.15) is 0 Å². The lowest BCUT2D eigenvalue weighted by molar-refractivity contribution is 1.19. The van der Waals surface area contributed by atoms with E-state index in [0.717, 1.165) is 33.1 Å². The molecule has 0 saturated heterocycles. The number of hydrogen-bond donors (Lipinski definition) is 0. The van der Waals surface area contributed by atoms with Crippen LogP contribution in [-0.4, -0.2) is 19.1 Å². The summed E-state index contributed by atoms with van der Waals surface area (Å²) in [6.45, 7) is 0. The molecule has 0 aliphatic rings. The minimum Gasteiger partial charge on any atom is -0.307 e. The molecule has 0 aliphatic heterocycles. The van der Waals surface area contributed by atoms with Gasteiger partial charge in [-0.05, 0) is 135 Å². The summed E-state index contributed by atoms with van der Waals surface area (Å²) in [5, 5.41) is 25.2. The van der Waals surface area contributed by atoms with Gasteiger partial charge in [0.25, 0.3) is 0 Å². The normalized spacial score (nSPS) is 12.8. The van der Waals surface area contributed by atoms with Gasteiger partial charge in [-0.25, -0.2) is 0 Å². The van der Waals surface area contributed by atoms with E-state index in [-0.39, 0.29) is 0 Å². The zero-order chi connectivity index (χ0) is 39.9. The first-order valence-electron chi connectivity index (χ1n) is 21.4. The molecule has 0 spiro atoms. The maximum Gasteiger partial charge on any atom is 0.0969 e. The average molecular weight is 783 g/mol. The van der Waals surface area contributed by atoms with Gasteiger partial charge in [0, 0.05) is 33.9 Å². The van der Waals surface area contributed by atoms with Crippen LogP contribution in [0.25, 0.3) is 152 Å². The smallest absolute Gasteiger partial charge is 0.0969 e. The largest absolute Gasteiger partial charge is 0.307 e. The molecule has 0 fully saturated rings. The zero-order valence-corrected chi connectivity index (χ0v) is 33.1. The van der Waals surface area contributed by atoms with Crippen molar-refractivity contribution in [1.29, 1.82) is 0 Å². The van der Waals surface area contributed by atoms with Crippen LogP contribution in [0, 0.1) is 0 Å². The molecule has 12 aromatic carbocycles. The maximum absolute atomic E-state index is 5.15. The Morgan fingerprint density at radius 2 is 0.613 bits per heavy atom. The summed E-state index contributed by atoms with van der Waals surface area (Å²) in [4.78, 5) is 10.3. The van der Waals surface area contributed by atoms with Crippen LogP contribution in [-0.2, 0) is 0 Å². The number of nitrogens with zero attached hydrogens (tertiary/aromatic N) is 4. The van der Waals surface area contributed by atoms with Gasteiger partial charge in [-0.3, -0.25) is 9.97 Å². The highest BCUT2D eigenvalue weighted by atomic mass is 15.0. The summed E-state index contributed by atoms with van der Waals surface area (Å²) >= 11 is 0. The van der Waals surface area contributed by atoms with Gasteiger partial charge in [0.05, 0.1) is 44.5 Å². The second-order valence-corrected chi connectivity index (χ2v) is 17.3. The van der Waals surface area contributed by atoms with Gasteiger partial charge in [-0.15, -0.1) is 0 Å². The zero-order valence-electron chi connectivity index (χ0n) is 33.1. The highest BCUT2D eigenvalue weighted by molar-refractivity contribution is 6.37. The van der Waals surface area contributed by atoms with E-state index in [1.807, 2.05) is 12.4 Å². The van der Waals surface area contributed by atoms with E-state index >= 15 is 0 Å². The lowest BCUT2D eigenvalue weighted by Gasteiger charge is -2.17. The Morgan fingerprint density at radius 3 is 1.06 bits per heavy atom. The molecule has 4 aromatic heterocycles. The van der Waals surface area contributed by atoms with Crippen LogP contribution >= 0.6 is 0 Å². The first-order valence-corrected chi connectivity index (χ1v) is 21.4. The molecule has 16 aromatic rings. The molecule has 0 amide bonds. The maximum atomic E-state index is 5.15. The third-order valence-corrected chi connectivity index (χ3v) is 14.4. The molecule has 4 heteroatoms. The van der Waals surface area contributed by atoms with Crippen molar-refractivity contribution in [1.82, 2.24) is 19.1 Å². The number of hydrogen-bond acceptors (Lipinski definition) is 2. The molecule has 0 radical (unpaired) electrons. The third-order valence-electron chi connectivity index (χ3n) is 14.4. The molecule has 0 atom stereocenters. The molecule has 0 bridgehead atoms. The van der Waals surface area contributed by atoms with Gasteiger partial charge in [0.15, 0.2) is 0 Å². The van der Waals surface area contributed by atoms with Crippen molar-refractivity contribution in [2.45, 2.75) is 0 Å². The van der Waals surface area contributed by atoms with Crippen LogP contribution < -0.4 is 0 Å². The predicted molar refractivity (Wildman–Crippen MR) is 262 cm³/mol. The van der Waals surface area contributed by atoms with Gasteiger partial charge < -0.3 is 9.13 Å². The van der Waals surface area contributed by atoms with Gasteiger partial charge in [0.1, 0.15) is 0 Å². The molecule has 0 saturated carbocycles. The lowest BCUT2D eigenvalue weighted by Crippen LogP contribution is -1.97. The Hall–Kier alpha value is -8.34. The van der Waals surface area contributed by atoms with Crippen LogP contribution in [0.4, 0.5) is 0 Å². The van der Waals surface area contributed by atoms with Crippen LogP contribution in [0.2, 0.25) is 0 Å². The minimum atomic E-state index is 1.02. The fraction of sp³-hybridized carbons (Fsp3) is 0. The monoisotopic (exact) mass is 782 g/mol.